The molecule has 5 nitrogen and oxygen atoms in total. The highest BCUT2D eigenvalue weighted by Crippen LogP contribution is 2.20. The van der Waals surface area contributed by atoms with Crippen LogP contribution in [0.1, 0.15) is 35.6 Å². The lowest BCUT2D eigenvalue weighted by atomic mass is 10.1. The number of carbonyl (C=O) groups excluding carboxylic acids is 1. The number of nitrogens with zero attached hydrogens (tertiary/aromatic N) is 1. The Labute approximate surface area is 133 Å². The van der Waals surface area contributed by atoms with E-state index in [1.54, 1.807) is 24.3 Å². The molecule has 0 aliphatic carbocycles. The normalized spacial score (nSPS) is 11.0. The van der Waals surface area contributed by atoms with Crippen LogP contribution in [0.3, 0.4) is 0 Å². The summed E-state index contributed by atoms with van der Waals surface area (Å²) in [4.78, 5) is 12.1. The van der Waals surface area contributed by atoms with Gasteiger partial charge in [0.1, 0.15) is 11.4 Å². The number of alkyl halides is 2. The summed E-state index contributed by atoms with van der Waals surface area (Å²) in [5, 5.41) is 9.43. The van der Waals surface area contributed by atoms with Gasteiger partial charge < -0.3 is 10.1 Å². The van der Waals surface area contributed by atoms with Crippen molar-refractivity contribution in [2.45, 2.75) is 33.4 Å². The topological polar surface area (TPSA) is 67.0 Å². The summed E-state index contributed by atoms with van der Waals surface area (Å²) in [6.07, 6.45) is 0.797. The maximum atomic E-state index is 12.3. The number of aromatic amines is 1. The molecule has 1 heterocycles. The van der Waals surface area contributed by atoms with Crippen LogP contribution in [-0.2, 0) is 13.0 Å². The van der Waals surface area contributed by atoms with Crippen LogP contribution in [0.25, 0.3) is 0 Å². The maximum absolute atomic E-state index is 12.3. The van der Waals surface area contributed by atoms with Crippen molar-refractivity contribution in [1.29, 1.82) is 0 Å². The highest BCUT2D eigenvalue weighted by Gasteiger charge is 2.13. The Morgan fingerprint density at radius 3 is 2.78 bits per heavy atom. The zero-order chi connectivity index (χ0) is 16.8. The SMILES string of the molecule is CC(C)Cc1cc(C(=O)NCc2ccccc2OC(F)F)n[nH]1. The lowest BCUT2D eigenvalue weighted by Gasteiger charge is -2.10. The minimum absolute atomic E-state index is 0.0466. The Morgan fingerprint density at radius 2 is 2.09 bits per heavy atom. The quantitative estimate of drug-likeness (QED) is 0.822. The van der Waals surface area contributed by atoms with Gasteiger partial charge in [-0.15, -0.1) is 0 Å². The van der Waals surface area contributed by atoms with Gasteiger partial charge in [-0.2, -0.15) is 13.9 Å². The van der Waals surface area contributed by atoms with Gasteiger partial charge in [0, 0.05) is 17.8 Å². The second-order valence-electron chi connectivity index (χ2n) is 5.55. The summed E-state index contributed by atoms with van der Waals surface area (Å²) >= 11 is 0. The van der Waals surface area contributed by atoms with Crippen LogP contribution in [0.5, 0.6) is 5.75 Å². The number of hydrogen-bond acceptors (Lipinski definition) is 3. The van der Waals surface area contributed by atoms with Gasteiger partial charge in [-0.05, 0) is 24.5 Å². The maximum Gasteiger partial charge on any atom is 0.387 e. The summed E-state index contributed by atoms with van der Waals surface area (Å²) in [6, 6.07) is 8.02. The Hall–Kier alpha value is -2.44. The van der Waals surface area contributed by atoms with Gasteiger partial charge in [0.25, 0.3) is 5.91 Å². The van der Waals surface area contributed by atoms with E-state index in [1.165, 1.54) is 6.07 Å². The van der Waals surface area contributed by atoms with Crippen LogP contribution in [0.15, 0.2) is 30.3 Å². The van der Waals surface area contributed by atoms with E-state index in [0.717, 1.165) is 12.1 Å². The number of amides is 1. The number of halogens is 2. The monoisotopic (exact) mass is 323 g/mol. The lowest BCUT2D eigenvalue weighted by Crippen LogP contribution is -2.23. The molecule has 0 unspecified atom stereocenters. The first-order valence-corrected chi connectivity index (χ1v) is 7.31. The summed E-state index contributed by atoms with van der Waals surface area (Å²) in [5.74, 6) is 0.123. The average Bonchev–Trinajstić information content (AvgIpc) is 2.93. The molecule has 0 saturated heterocycles. The molecule has 0 aliphatic rings. The number of aromatic nitrogens is 2. The van der Waals surface area contributed by atoms with Gasteiger partial charge in [-0.1, -0.05) is 32.0 Å². The molecule has 0 aliphatic heterocycles. The first-order valence-electron chi connectivity index (χ1n) is 7.31. The Kier molecular flexibility index (Phi) is 5.67. The van der Waals surface area contributed by atoms with Crippen LogP contribution in [0, 0.1) is 5.92 Å². The van der Waals surface area contributed by atoms with Crippen molar-refractivity contribution in [3.05, 3.63) is 47.3 Å². The lowest BCUT2D eigenvalue weighted by molar-refractivity contribution is -0.0504. The standard InChI is InChI=1S/C16H19F2N3O2/c1-10(2)7-12-8-13(21-20-12)15(22)19-9-11-5-3-4-6-14(11)23-16(17)18/h3-6,8,10,16H,7,9H2,1-2H3,(H,19,22)(H,20,21). The minimum atomic E-state index is -2.91. The number of carbonyl (C=O) groups is 1. The fourth-order valence-corrected chi connectivity index (χ4v) is 2.15. The number of H-pyrrole nitrogens is 1. The molecule has 0 saturated carbocycles. The van der Waals surface area contributed by atoms with Crippen molar-refractivity contribution < 1.29 is 18.3 Å². The highest BCUT2D eigenvalue weighted by molar-refractivity contribution is 5.92. The zero-order valence-electron chi connectivity index (χ0n) is 13.0. The van der Waals surface area contributed by atoms with Crippen LogP contribution in [0.4, 0.5) is 8.78 Å². The number of nitrogens with one attached hydrogen (secondary N) is 2. The molecule has 23 heavy (non-hydrogen) atoms. The number of para-hydroxylation sites is 1. The molecule has 0 atom stereocenters. The largest absolute Gasteiger partial charge is 0.434 e. The molecule has 1 aromatic carbocycles. The van der Waals surface area contributed by atoms with E-state index in [1.807, 2.05) is 0 Å². The Bertz CT molecular complexity index is 656. The van der Waals surface area contributed by atoms with Gasteiger partial charge in [-0.25, -0.2) is 0 Å². The molecule has 2 rings (SSSR count). The van der Waals surface area contributed by atoms with Gasteiger partial charge in [0.15, 0.2) is 0 Å². The first kappa shape index (κ1) is 16.9. The number of benzene rings is 1. The Balaban J connectivity index is 1.98. The molecule has 0 spiro atoms. The number of hydrogen-bond donors (Lipinski definition) is 2. The predicted molar refractivity (Wildman–Crippen MR) is 81.4 cm³/mol. The van der Waals surface area contributed by atoms with E-state index >= 15 is 0 Å². The highest BCUT2D eigenvalue weighted by atomic mass is 19.3. The van der Waals surface area contributed by atoms with Crippen molar-refractivity contribution in [3.63, 3.8) is 0 Å². The van der Waals surface area contributed by atoms with Crippen LogP contribution < -0.4 is 10.1 Å². The van der Waals surface area contributed by atoms with Crippen LogP contribution in [0.2, 0.25) is 0 Å². The Morgan fingerprint density at radius 1 is 1.35 bits per heavy atom. The fraction of sp³-hybridized carbons (Fsp3) is 0.375. The molecule has 1 aromatic heterocycles. The zero-order valence-corrected chi connectivity index (χ0v) is 13.0. The predicted octanol–water partition coefficient (Wildman–Crippen LogP) is 3.14. The van der Waals surface area contributed by atoms with Gasteiger partial charge in [0.2, 0.25) is 0 Å². The van der Waals surface area contributed by atoms with E-state index in [2.05, 4.69) is 34.1 Å². The molecular weight excluding hydrogens is 304 g/mol. The molecule has 0 fully saturated rings. The summed E-state index contributed by atoms with van der Waals surface area (Å²) in [6.45, 7) is 1.31. The smallest absolute Gasteiger partial charge is 0.387 e. The average molecular weight is 323 g/mol. The summed E-state index contributed by atoms with van der Waals surface area (Å²) in [5.41, 5.74) is 1.62. The molecule has 0 bridgehead atoms. The van der Waals surface area contributed by atoms with Crippen molar-refractivity contribution in [3.8, 4) is 5.75 Å². The van der Waals surface area contributed by atoms with Crippen LogP contribution in [-0.4, -0.2) is 22.7 Å². The van der Waals surface area contributed by atoms with E-state index in [4.69, 9.17) is 0 Å². The van der Waals surface area contributed by atoms with E-state index in [-0.39, 0.29) is 23.9 Å². The van der Waals surface area contributed by atoms with Gasteiger partial charge in [-0.3, -0.25) is 9.89 Å². The van der Waals surface area contributed by atoms with E-state index in [0.29, 0.717) is 11.5 Å². The van der Waals surface area contributed by atoms with E-state index < -0.39 is 6.61 Å². The molecular formula is C16H19F2N3O2. The minimum Gasteiger partial charge on any atom is -0.434 e. The third kappa shape index (κ3) is 5.05. The second kappa shape index (κ2) is 7.71. The van der Waals surface area contributed by atoms with Crippen molar-refractivity contribution in [2.24, 2.45) is 5.92 Å². The summed E-state index contributed by atoms with van der Waals surface area (Å²) in [7, 11) is 0. The van der Waals surface area contributed by atoms with Gasteiger partial charge >= 0.3 is 6.61 Å². The van der Waals surface area contributed by atoms with Crippen molar-refractivity contribution in [1.82, 2.24) is 15.5 Å². The molecule has 2 N–H and O–H groups in total. The molecule has 2 aromatic rings. The summed E-state index contributed by atoms with van der Waals surface area (Å²) < 4.78 is 29.1. The molecule has 7 heteroatoms. The molecule has 124 valence electrons. The first-order chi connectivity index (χ1) is 11.0. The third-order valence-corrected chi connectivity index (χ3v) is 3.12. The van der Waals surface area contributed by atoms with Crippen molar-refractivity contribution >= 4 is 5.91 Å². The van der Waals surface area contributed by atoms with E-state index in [9.17, 15) is 13.6 Å². The molecule has 1 amide bonds. The number of rotatable bonds is 7. The van der Waals surface area contributed by atoms with Crippen molar-refractivity contribution in [2.75, 3.05) is 0 Å². The second-order valence-corrected chi connectivity index (χ2v) is 5.55. The fourth-order valence-electron chi connectivity index (χ4n) is 2.15. The van der Waals surface area contributed by atoms with Crippen LogP contribution >= 0.6 is 0 Å². The third-order valence-electron chi connectivity index (χ3n) is 3.12. The number of ether oxygens (including phenoxy) is 1. The van der Waals surface area contributed by atoms with Gasteiger partial charge in [0.05, 0.1) is 0 Å². The molecule has 0 radical (unpaired) electrons.